The molecule has 2 amide bonds. The molecule has 1 N–H and O–H groups in total. The van der Waals surface area contributed by atoms with Gasteiger partial charge < -0.3 is 14.8 Å². The van der Waals surface area contributed by atoms with Crippen LogP contribution in [0.4, 0.5) is 5.69 Å². The molecule has 1 aliphatic heterocycles. The summed E-state index contributed by atoms with van der Waals surface area (Å²) >= 11 is 1.70. The molecule has 0 bridgehead atoms. The fraction of sp³-hybridized carbons (Fsp3) is 0.318. The van der Waals surface area contributed by atoms with Gasteiger partial charge in [0.2, 0.25) is 5.91 Å². The molecule has 0 saturated carbocycles. The van der Waals surface area contributed by atoms with Gasteiger partial charge in [-0.05, 0) is 42.0 Å². The van der Waals surface area contributed by atoms with Crippen LogP contribution in [0.1, 0.15) is 40.6 Å². The number of nitro groups is 1. The zero-order valence-corrected chi connectivity index (χ0v) is 18.4. The number of nitrogens with one attached hydrogen (secondary N) is 1. The highest BCUT2D eigenvalue weighted by atomic mass is 32.1. The molecule has 32 heavy (non-hydrogen) atoms. The summed E-state index contributed by atoms with van der Waals surface area (Å²) in [6.07, 6.45) is 6.59. The van der Waals surface area contributed by atoms with Crippen molar-refractivity contribution < 1.29 is 14.5 Å². The standard InChI is InChI=1S/C22H23N5O4S/c1-2-3-17(22(29)25-9-6-20-16(13-25)7-11-32-20)24-21(28)15-4-5-18(19(12-15)27(30)31)26-10-8-23-14-26/h4-5,7-8,10-12,14,17H,2-3,6,9,13H2,1H3,(H,24,28). The average molecular weight is 454 g/mol. The predicted octanol–water partition coefficient (Wildman–Crippen LogP) is 3.33. The summed E-state index contributed by atoms with van der Waals surface area (Å²) in [5.74, 6) is -0.633. The van der Waals surface area contributed by atoms with E-state index in [0.717, 1.165) is 12.0 Å². The minimum absolute atomic E-state index is 0.124. The summed E-state index contributed by atoms with van der Waals surface area (Å²) < 4.78 is 1.51. The highest BCUT2D eigenvalue weighted by molar-refractivity contribution is 7.10. The van der Waals surface area contributed by atoms with Gasteiger partial charge in [-0.3, -0.25) is 19.7 Å². The number of hydrogen-bond acceptors (Lipinski definition) is 6. The summed E-state index contributed by atoms with van der Waals surface area (Å²) in [6.45, 7) is 3.11. The van der Waals surface area contributed by atoms with E-state index in [1.165, 1.54) is 40.2 Å². The third kappa shape index (κ3) is 4.40. The Morgan fingerprint density at radius 2 is 2.19 bits per heavy atom. The first kappa shape index (κ1) is 21.7. The molecule has 10 heteroatoms. The molecule has 0 fully saturated rings. The maximum Gasteiger partial charge on any atom is 0.294 e. The third-order valence-corrected chi connectivity index (χ3v) is 6.54. The Labute approximate surface area is 188 Å². The highest BCUT2D eigenvalue weighted by Gasteiger charge is 2.29. The van der Waals surface area contributed by atoms with Gasteiger partial charge in [0, 0.05) is 42.0 Å². The van der Waals surface area contributed by atoms with Gasteiger partial charge in [-0.2, -0.15) is 0 Å². The minimum Gasteiger partial charge on any atom is -0.340 e. The van der Waals surface area contributed by atoms with Crippen molar-refractivity contribution in [2.75, 3.05) is 6.54 Å². The molecule has 3 heterocycles. The maximum atomic E-state index is 13.2. The Bertz CT molecular complexity index is 1140. The molecule has 1 aliphatic rings. The molecular weight excluding hydrogens is 430 g/mol. The number of nitrogens with zero attached hydrogens (tertiary/aromatic N) is 4. The Hall–Kier alpha value is -3.53. The zero-order valence-electron chi connectivity index (χ0n) is 17.6. The Morgan fingerprint density at radius 3 is 2.91 bits per heavy atom. The van der Waals surface area contributed by atoms with E-state index in [4.69, 9.17) is 0 Å². The lowest BCUT2D eigenvalue weighted by Gasteiger charge is -2.31. The van der Waals surface area contributed by atoms with Crippen LogP contribution in [-0.2, 0) is 17.8 Å². The van der Waals surface area contributed by atoms with Crippen LogP contribution in [0.5, 0.6) is 0 Å². The van der Waals surface area contributed by atoms with E-state index in [9.17, 15) is 19.7 Å². The lowest BCUT2D eigenvalue weighted by atomic mass is 10.1. The SMILES string of the molecule is CCCC(NC(=O)c1ccc(-n2ccnc2)c([N+](=O)[O-])c1)C(=O)N1CCc2sccc2C1. The largest absolute Gasteiger partial charge is 0.340 e. The summed E-state index contributed by atoms with van der Waals surface area (Å²) in [6, 6.07) is 5.61. The molecule has 4 rings (SSSR count). The van der Waals surface area contributed by atoms with E-state index in [2.05, 4.69) is 10.3 Å². The number of amides is 2. The number of aromatic nitrogens is 2. The van der Waals surface area contributed by atoms with Crippen LogP contribution in [0.15, 0.2) is 48.4 Å². The Kier molecular flexibility index (Phi) is 6.31. The number of carbonyl (C=O) groups excluding carboxylic acids is 2. The molecule has 2 aromatic heterocycles. The van der Waals surface area contributed by atoms with Crippen molar-refractivity contribution in [3.63, 3.8) is 0 Å². The molecule has 0 spiro atoms. The summed E-state index contributed by atoms with van der Waals surface area (Å²) in [5.41, 5.74) is 1.38. The quantitative estimate of drug-likeness (QED) is 0.436. The normalized spacial score (nSPS) is 14.0. The third-order valence-electron chi connectivity index (χ3n) is 5.52. The fourth-order valence-electron chi connectivity index (χ4n) is 3.88. The molecule has 166 valence electrons. The smallest absolute Gasteiger partial charge is 0.294 e. The van der Waals surface area contributed by atoms with Gasteiger partial charge in [0.15, 0.2) is 0 Å². The van der Waals surface area contributed by atoms with E-state index >= 15 is 0 Å². The van der Waals surface area contributed by atoms with E-state index < -0.39 is 16.9 Å². The number of hydrogen-bond donors (Lipinski definition) is 1. The molecule has 0 aliphatic carbocycles. The van der Waals surface area contributed by atoms with Crippen LogP contribution in [0.3, 0.4) is 0 Å². The molecule has 0 radical (unpaired) electrons. The van der Waals surface area contributed by atoms with Crippen molar-refractivity contribution >= 4 is 28.8 Å². The first-order chi connectivity index (χ1) is 15.5. The van der Waals surface area contributed by atoms with Crippen molar-refractivity contribution in [3.05, 3.63) is 74.5 Å². The van der Waals surface area contributed by atoms with Crippen LogP contribution >= 0.6 is 11.3 Å². The maximum absolute atomic E-state index is 13.2. The van der Waals surface area contributed by atoms with Gasteiger partial charge in [0.05, 0.1) is 11.3 Å². The van der Waals surface area contributed by atoms with Gasteiger partial charge >= 0.3 is 0 Å². The fourth-order valence-corrected chi connectivity index (χ4v) is 4.77. The van der Waals surface area contributed by atoms with Crippen LogP contribution < -0.4 is 5.32 Å². The highest BCUT2D eigenvalue weighted by Crippen LogP contribution is 2.26. The van der Waals surface area contributed by atoms with Gasteiger partial charge in [0.1, 0.15) is 11.7 Å². The van der Waals surface area contributed by atoms with Gasteiger partial charge in [-0.1, -0.05) is 13.3 Å². The van der Waals surface area contributed by atoms with Crippen LogP contribution in [0.2, 0.25) is 0 Å². The van der Waals surface area contributed by atoms with Crippen molar-refractivity contribution in [1.82, 2.24) is 19.8 Å². The van der Waals surface area contributed by atoms with E-state index in [0.29, 0.717) is 31.6 Å². The number of imidazole rings is 1. The van der Waals surface area contributed by atoms with Crippen molar-refractivity contribution in [2.24, 2.45) is 0 Å². The zero-order chi connectivity index (χ0) is 22.7. The molecule has 3 aromatic rings. The van der Waals surface area contributed by atoms with Crippen LogP contribution in [-0.4, -0.2) is 43.8 Å². The Balaban J connectivity index is 1.52. The van der Waals surface area contributed by atoms with Crippen molar-refractivity contribution in [3.8, 4) is 5.69 Å². The lowest BCUT2D eigenvalue weighted by Crippen LogP contribution is -2.49. The topological polar surface area (TPSA) is 110 Å². The van der Waals surface area contributed by atoms with Gasteiger partial charge in [-0.25, -0.2) is 4.98 Å². The molecule has 9 nitrogen and oxygen atoms in total. The van der Waals surface area contributed by atoms with E-state index in [1.807, 2.05) is 18.4 Å². The number of thiophene rings is 1. The monoisotopic (exact) mass is 453 g/mol. The van der Waals surface area contributed by atoms with Crippen molar-refractivity contribution in [1.29, 1.82) is 0 Å². The Morgan fingerprint density at radius 1 is 1.34 bits per heavy atom. The van der Waals surface area contributed by atoms with E-state index in [1.54, 1.807) is 22.4 Å². The summed E-state index contributed by atoms with van der Waals surface area (Å²) in [5, 5.41) is 16.4. The molecule has 1 unspecified atom stereocenters. The van der Waals surface area contributed by atoms with Gasteiger partial charge in [0.25, 0.3) is 11.6 Å². The lowest BCUT2D eigenvalue weighted by molar-refractivity contribution is -0.384. The summed E-state index contributed by atoms with van der Waals surface area (Å²) in [7, 11) is 0. The first-order valence-corrected chi connectivity index (χ1v) is 11.3. The summed E-state index contributed by atoms with van der Waals surface area (Å²) in [4.78, 5) is 44.1. The first-order valence-electron chi connectivity index (χ1n) is 10.4. The number of fused-ring (bicyclic) bond motifs is 1. The molecule has 1 aromatic carbocycles. The number of benzene rings is 1. The van der Waals surface area contributed by atoms with Crippen molar-refractivity contribution in [2.45, 2.75) is 38.8 Å². The second-order valence-corrected chi connectivity index (χ2v) is 8.62. The molecule has 0 saturated heterocycles. The second kappa shape index (κ2) is 9.31. The van der Waals surface area contributed by atoms with Gasteiger partial charge in [-0.15, -0.1) is 11.3 Å². The predicted molar refractivity (Wildman–Crippen MR) is 120 cm³/mol. The molecule has 1 atom stereocenters. The molecular formula is C22H23N5O4S. The number of rotatable bonds is 7. The number of nitro benzene ring substituents is 1. The second-order valence-electron chi connectivity index (χ2n) is 7.62. The average Bonchev–Trinajstić information content (AvgIpc) is 3.49. The van der Waals surface area contributed by atoms with E-state index in [-0.39, 0.29) is 17.2 Å². The van der Waals surface area contributed by atoms with Crippen LogP contribution in [0.25, 0.3) is 5.69 Å². The minimum atomic E-state index is -0.680. The van der Waals surface area contributed by atoms with Crippen LogP contribution in [0, 0.1) is 10.1 Å². The number of carbonyl (C=O) groups is 2.